The van der Waals surface area contributed by atoms with Gasteiger partial charge in [0.15, 0.2) is 5.65 Å². The highest BCUT2D eigenvalue weighted by atomic mass is 35.5. The number of hydrogen-bond donors (Lipinski definition) is 3. The Bertz CT molecular complexity index is 1220. The molecule has 0 atom stereocenters. The van der Waals surface area contributed by atoms with E-state index in [0.717, 1.165) is 0 Å². The van der Waals surface area contributed by atoms with E-state index >= 15 is 0 Å². The van der Waals surface area contributed by atoms with Crippen molar-refractivity contribution in [2.24, 2.45) is 5.73 Å². The third kappa shape index (κ3) is 2.25. The molecule has 7 nitrogen and oxygen atoms in total. The predicted molar refractivity (Wildman–Crippen MR) is 101 cm³/mol. The van der Waals surface area contributed by atoms with Gasteiger partial charge in [0.2, 0.25) is 0 Å². The monoisotopic (exact) mass is 387 g/mol. The van der Waals surface area contributed by atoms with Gasteiger partial charge >= 0.3 is 0 Å². The van der Waals surface area contributed by atoms with E-state index in [1.807, 2.05) is 6.07 Å². The maximum Gasteiger partial charge on any atom is 0.254 e. The Morgan fingerprint density at radius 3 is 2.38 bits per heavy atom. The predicted octanol–water partition coefficient (Wildman–Crippen LogP) is 3.27. The number of para-hydroxylation sites is 2. The minimum absolute atomic E-state index is 0.00808. The number of aromatic nitrogens is 3. The first-order valence-corrected chi connectivity index (χ1v) is 8.19. The highest BCUT2D eigenvalue weighted by Crippen LogP contribution is 2.40. The number of benzene rings is 2. The third-order valence-electron chi connectivity index (χ3n) is 4.01. The summed E-state index contributed by atoms with van der Waals surface area (Å²) in [5, 5.41) is 10.1. The quantitative estimate of drug-likeness (QED) is 0.487. The van der Waals surface area contributed by atoms with Gasteiger partial charge in [-0.1, -0.05) is 35.3 Å². The molecule has 0 aliphatic rings. The smallest absolute Gasteiger partial charge is 0.254 e. The SMILES string of the molecule is NC(=O)c1c(N)n(-c2c(Cl)ccc(O)c2Cl)c2nc3ccccc3nc12. The van der Waals surface area contributed by atoms with E-state index in [2.05, 4.69) is 9.97 Å². The number of fused-ring (bicyclic) bond motifs is 2. The number of carbonyl (C=O) groups excluding carboxylic acids is 1. The maximum atomic E-state index is 12.0. The minimum atomic E-state index is -0.761. The fourth-order valence-corrected chi connectivity index (χ4v) is 3.41. The summed E-state index contributed by atoms with van der Waals surface area (Å²) in [5.74, 6) is -0.970. The molecule has 4 rings (SSSR count). The number of anilines is 1. The van der Waals surface area contributed by atoms with Crippen molar-refractivity contribution in [2.75, 3.05) is 5.73 Å². The molecule has 0 fully saturated rings. The fourth-order valence-electron chi connectivity index (χ4n) is 2.87. The third-order valence-corrected chi connectivity index (χ3v) is 4.69. The van der Waals surface area contributed by atoms with E-state index in [-0.39, 0.29) is 44.0 Å². The molecule has 0 saturated carbocycles. The van der Waals surface area contributed by atoms with Gasteiger partial charge in [-0.2, -0.15) is 0 Å². The first-order chi connectivity index (χ1) is 12.4. The zero-order chi connectivity index (χ0) is 18.6. The van der Waals surface area contributed by atoms with Crippen molar-refractivity contribution in [1.29, 1.82) is 0 Å². The molecule has 2 aromatic heterocycles. The van der Waals surface area contributed by atoms with Crippen molar-refractivity contribution in [3.8, 4) is 11.4 Å². The Hall–Kier alpha value is -3.03. The van der Waals surface area contributed by atoms with Gasteiger partial charge in [0.25, 0.3) is 5.91 Å². The molecule has 0 aliphatic heterocycles. The van der Waals surface area contributed by atoms with Crippen molar-refractivity contribution in [3.05, 3.63) is 52.0 Å². The molecule has 2 aromatic carbocycles. The van der Waals surface area contributed by atoms with Crippen LogP contribution in [-0.4, -0.2) is 25.5 Å². The zero-order valence-electron chi connectivity index (χ0n) is 13.1. The van der Waals surface area contributed by atoms with Gasteiger partial charge in [0, 0.05) is 0 Å². The molecule has 5 N–H and O–H groups in total. The minimum Gasteiger partial charge on any atom is -0.506 e. The van der Waals surface area contributed by atoms with Gasteiger partial charge in [0.05, 0.1) is 21.7 Å². The van der Waals surface area contributed by atoms with Gasteiger partial charge in [-0.15, -0.1) is 0 Å². The second-order valence-corrected chi connectivity index (χ2v) is 6.36. The standard InChI is InChI=1S/C17H11Cl2N5O2/c18-7-5-6-10(25)12(19)14(7)24-15(20)11(16(21)26)13-17(24)23-9-4-2-1-3-8(9)22-13/h1-6,25H,20H2,(H2,21,26). The number of nitrogens with two attached hydrogens (primary N) is 2. The molecular weight excluding hydrogens is 377 g/mol. The summed E-state index contributed by atoms with van der Waals surface area (Å²) in [6.45, 7) is 0. The lowest BCUT2D eigenvalue weighted by atomic mass is 10.2. The van der Waals surface area contributed by atoms with Crippen molar-refractivity contribution in [3.63, 3.8) is 0 Å². The second-order valence-electron chi connectivity index (χ2n) is 5.57. The molecule has 0 bridgehead atoms. The first kappa shape index (κ1) is 16.4. The van der Waals surface area contributed by atoms with Crippen LogP contribution in [0.5, 0.6) is 5.75 Å². The maximum absolute atomic E-state index is 12.0. The number of halogens is 2. The van der Waals surface area contributed by atoms with E-state index < -0.39 is 5.91 Å². The van der Waals surface area contributed by atoms with Crippen LogP contribution < -0.4 is 11.5 Å². The van der Waals surface area contributed by atoms with Crippen LogP contribution >= 0.6 is 23.2 Å². The highest BCUT2D eigenvalue weighted by molar-refractivity contribution is 6.39. The second kappa shape index (κ2) is 5.76. The molecule has 0 radical (unpaired) electrons. The number of carbonyl (C=O) groups is 1. The number of phenols is 1. The average molecular weight is 388 g/mol. The summed E-state index contributed by atoms with van der Waals surface area (Å²) in [6, 6.07) is 9.95. The number of primary amides is 1. The normalized spacial score (nSPS) is 11.3. The molecule has 0 unspecified atom stereocenters. The van der Waals surface area contributed by atoms with Crippen LogP contribution in [0.3, 0.4) is 0 Å². The average Bonchev–Trinajstić information content (AvgIpc) is 2.88. The van der Waals surface area contributed by atoms with Gasteiger partial charge in [-0.3, -0.25) is 9.36 Å². The van der Waals surface area contributed by atoms with Crippen LogP contribution in [0.15, 0.2) is 36.4 Å². The van der Waals surface area contributed by atoms with Gasteiger partial charge in [-0.05, 0) is 24.3 Å². The highest BCUT2D eigenvalue weighted by Gasteiger charge is 2.26. The lowest BCUT2D eigenvalue weighted by Gasteiger charge is -2.12. The fraction of sp³-hybridized carbons (Fsp3) is 0. The largest absolute Gasteiger partial charge is 0.506 e. The van der Waals surface area contributed by atoms with Crippen LogP contribution in [-0.2, 0) is 0 Å². The number of nitrogen functional groups attached to an aromatic ring is 1. The molecular formula is C17H11Cl2N5O2. The summed E-state index contributed by atoms with van der Waals surface area (Å²) < 4.78 is 1.37. The Labute approximate surface area is 156 Å². The number of rotatable bonds is 2. The molecule has 130 valence electrons. The summed E-state index contributed by atoms with van der Waals surface area (Å²) >= 11 is 12.5. The van der Waals surface area contributed by atoms with Crippen LogP contribution in [0, 0.1) is 0 Å². The lowest BCUT2D eigenvalue weighted by molar-refractivity contribution is 0.100. The van der Waals surface area contributed by atoms with Crippen molar-refractivity contribution >= 4 is 57.1 Å². The molecule has 26 heavy (non-hydrogen) atoms. The number of aromatic hydroxyl groups is 1. The van der Waals surface area contributed by atoms with Gasteiger partial charge < -0.3 is 16.6 Å². The number of nitrogens with zero attached hydrogens (tertiary/aromatic N) is 3. The summed E-state index contributed by atoms with van der Waals surface area (Å²) in [7, 11) is 0. The van der Waals surface area contributed by atoms with Crippen molar-refractivity contribution in [1.82, 2.24) is 14.5 Å². The molecule has 1 amide bonds. The van der Waals surface area contributed by atoms with Crippen molar-refractivity contribution in [2.45, 2.75) is 0 Å². The van der Waals surface area contributed by atoms with E-state index in [1.165, 1.54) is 16.7 Å². The number of hydrogen-bond acceptors (Lipinski definition) is 5. The number of amides is 1. The van der Waals surface area contributed by atoms with Gasteiger partial charge in [-0.25, -0.2) is 9.97 Å². The number of phenolic OH excluding ortho intramolecular Hbond substituents is 1. The molecule has 4 aromatic rings. The zero-order valence-corrected chi connectivity index (χ0v) is 14.6. The van der Waals surface area contributed by atoms with E-state index in [4.69, 9.17) is 34.7 Å². The molecule has 9 heteroatoms. The molecule has 0 saturated heterocycles. The summed E-state index contributed by atoms with van der Waals surface area (Å²) in [5.41, 5.74) is 13.5. The van der Waals surface area contributed by atoms with E-state index in [0.29, 0.717) is 11.0 Å². The molecule has 2 heterocycles. The summed E-state index contributed by atoms with van der Waals surface area (Å²) in [6.07, 6.45) is 0. The molecule has 0 spiro atoms. The van der Waals surface area contributed by atoms with Crippen LogP contribution in [0.25, 0.3) is 27.9 Å². The van der Waals surface area contributed by atoms with Crippen molar-refractivity contribution < 1.29 is 9.90 Å². The van der Waals surface area contributed by atoms with Crippen LogP contribution in [0.4, 0.5) is 5.82 Å². The lowest BCUT2D eigenvalue weighted by Crippen LogP contribution is -2.14. The summed E-state index contributed by atoms with van der Waals surface area (Å²) in [4.78, 5) is 21.0. The Balaban J connectivity index is 2.23. The van der Waals surface area contributed by atoms with Gasteiger partial charge in [0.1, 0.15) is 27.7 Å². The first-order valence-electron chi connectivity index (χ1n) is 7.44. The Morgan fingerprint density at radius 2 is 1.73 bits per heavy atom. The Morgan fingerprint density at radius 1 is 1.08 bits per heavy atom. The van der Waals surface area contributed by atoms with Crippen LogP contribution in [0.1, 0.15) is 10.4 Å². The Kier molecular flexibility index (Phi) is 3.64. The molecule has 0 aliphatic carbocycles. The van der Waals surface area contributed by atoms with E-state index in [1.54, 1.807) is 18.2 Å². The van der Waals surface area contributed by atoms with E-state index in [9.17, 15) is 9.90 Å². The topological polar surface area (TPSA) is 120 Å². The van der Waals surface area contributed by atoms with Crippen LogP contribution in [0.2, 0.25) is 10.0 Å².